The summed E-state index contributed by atoms with van der Waals surface area (Å²) in [6.45, 7) is 7.71. The van der Waals surface area contributed by atoms with Gasteiger partial charge in [0.05, 0.1) is 0 Å². The van der Waals surface area contributed by atoms with E-state index in [-0.39, 0.29) is 5.41 Å². The SMILES string of the molecule is CC(C)(C)CN(N)/C1=C(\N)CC[C@H]2[C@@H](CO)[C@H]2CC1. The molecule has 1 saturated carbocycles. The largest absolute Gasteiger partial charge is 0.401 e. The Morgan fingerprint density at radius 1 is 1.21 bits per heavy atom. The van der Waals surface area contributed by atoms with Crippen LogP contribution < -0.4 is 11.6 Å². The maximum Gasteiger partial charge on any atom is 0.0478 e. The van der Waals surface area contributed by atoms with Gasteiger partial charge in [-0.05, 0) is 48.9 Å². The Labute approximate surface area is 116 Å². The smallest absolute Gasteiger partial charge is 0.0478 e. The normalized spacial score (nSPS) is 35.3. The molecule has 1 fully saturated rings. The summed E-state index contributed by atoms with van der Waals surface area (Å²) in [7, 11) is 0. The lowest BCUT2D eigenvalue weighted by Crippen LogP contribution is -2.39. The van der Waals surface area contributed by atoms with Gasteiger partial charge in [-0.15, -0.1) is 0 Å². The lowest BCUT2D eigenvalue weighted by molar-refractivity contribution is 0.226. The Bertz CT molecular complexity index is 359. The molecule has 0 bridgehead atoms. The fourth-order valence-corrected chi connectivity index (χ4v) is 3.52. The standard InChI is InChI=1S/C15H29N3O/c1-15(2,3)9-18(17)14-7-5-11-10(12(11)8-19)4-6-13(14)16/h10-12,19H,4-9,16-17H2,1-3H3/b14-13-/t10-,11+,12-/m1/s1. The summed E-state index contributed by atoms with van der Waals surface area (Å²) in [5.41, 5.74) is 8.47. The molecule has 2 aliphatic carbocycles. The van der Waals surface area contributed by atoms with Crippen molar-refractivity contribution in [1.82, 2.24) is 5.01 Å². The molecule has 0 radical (unpaired) electrons. The topological polar surface area (TPSA) is 75.5 Å². The molecule has 19 heavy (non-hydrogen) atoms. The molecule has 0 amide bonds. The second kappa shape index (κ2) is 5.33. The highest BCUT2D eigenvalue weighted by molar-refractivity contribution is 5.14. The van der Waals surface area contributed by atoms with Crippen LogP contribution in [0.15, 0.2) is 11.4 Å². The van der Waals surface area contributed by atoms with Gasteiger partial charge < -0.3 is 15.8 Å². The van der Waals surface area contributed by atoms with E-state index in [0.29, 0.717) is 24.4 Å². The van der Waals surface area contributed by atoms with E-state index in [9.17, 15) is 5.11 Å². The third-order valence-electron chi connectivity index (χ3n) is 4.54. The maximum atomic E-state index is 9.33. The fraction of sp³-hybridized carbons (Fsp3) is 0.867. The van der Waals surface area contributed by atoms with Crippen LogP contribution in [0, 0.1) is 23.2 Å². The van der Waals surface area contributed by atoms with E-state index in [2.05, 4.69) is 20.8 Å². The number of fused-ring (bicyclic) bond motifs is 1. The molecular formula is C15H29N3O. The van der Waals surface area contributed by atoms with Crippen LogP contribution in [0.5, 0.6) is 0 Å². The highest BCUT2D eigenvalue weighted by Crippen LogP contribution is 2.53. The Morgan fingerprint density at radius 2 is 1.79 bits per heavy atom. The Balaban J connectivity index is 2.01. The zero-order valence-electron chi connectivity index (χ0n) is 12.5. The molecule has 2 aliphatic rings. The van der Waals surface area contributed by atoms with Gasteiger partial charge in [0.2, 0.25) is 0 Å². The van der Waals surface area contributed by atoms with Crippen molar-refractivity contribution in [3.63, 3.8) is 0 Å². The number of aliphatic hydroxyl groups excluding tert-OH is 1. The molecule has 0 heterocycles. The molecule has 0 spiro atoms. The Kier molecular flexibility index (Phi) is 4.11. The molecule has 0 aromatic heterocycles. The summed E-state index contributed by atoms with van der Waals surface area (Å²) in [4.78, 5) is 0. The van der Waals surface area contributed by atoms with Crippen LogP contribution in [-0.4, -0.2) is 23.3 Å². The summed E-state index contributed by atoms with van der Waals surface area (Å²) in [5.74, 6) is 8.12. The van der Waals surface area contributed by atoms with Crippen molar-refractivity contribution >= 4 is 0 Å². The van der Waals surface area contributed by atoms with Gasteiger partial charge in [0, 0.05) is 24.5 Å². The average molecular weight is 267 g/mol. The molecule has 0 saturated heterocycles. The third-order valence-corrected chi connectivity index (χ3v) is 4.54. The van der Waals surface area contributed by atoms with Crippen molar-refractivity contribution in [2.24, 2.45) is 34.7 Å². The molecule has 0 aromatic carbocycles. The van der Waals surface area contributed by atoms with Gasteiger partial charge in [-0.2, -0.15) is 0 Å². The van der Waals surface area contributed by atoms with Crippen molar-refractivity contribution in [2.45, 2.75) is 46.5 Å². The van der Waals surface area contributed by atoms with Gasteiger partial charge in [0.25, 0.3) is 0 Å². The first-order valence-electron chi connectivity index (χ1n) is 7.44. The second-order valence-corrected chi connectivity index (χ2v) is 7.41. The van der Waals surface area contributed by atoms with Gasteiger partial charge >= 0.3 is 0 Å². The molecule has 3 atom stereocenters. The van der Waals surface area contributed by atoms with Crippen molar-refractivity contribution < 1.29 is 5.11 Å². The van der Waals surface area contributed by atoms with Crippen LogP contribution >= 0.6 is 0 Å². The zero-order valence-corrected chi connectivity index (χ0v) is 12.5. The predicted octanol–water partition coefficient (Wildman–Crippen LogP) is 1.81. The first-order valence-corrected chi connectivity index (χ1v) is 7.44. The highest BCUT2D eigenvalue weighted by atomic mass is 16.3. The van der Waals surface area contributed by atoms with Crippen LogP contribution in [-0.2, 0) is 0 Å². The van der Waals surface area contributed by atoms with Crippen LogP contribution in [0.3, 0.4) is 0 Å². The molecule has 4 heteroatoms. The van der Waals surface area contributed by atoms with Crippen molar-refractivity contribution in [3.8, 4) is 0 Å². The first-order chi connectivity index (χ1) is 8.83. The fourth-order valence-electron chi connectivity index (χ4n) is 3.52. The van der Waals surface area contributed by atoms with E-state index < -0.39 is 0 Å². The molecule has 2 rings (SSSR count). The number of hydrogen-bond donors (Lipinski definition) is 3. The molecule has 4 nitrogen and oxygen atoms in total. The minimum Gasteiger partial charge on any atom is -0.401 e. The molecule has 0 unspecified atom stereocenters. The monoisotopic (exact) mass is 267 g/mol. The maximum absolute atomic E-state index is 9.33. The quantitative estimate of drug-likeness (QED) is 0.538. The molecule has 5 N–H and O–H groups in total. The lowest BCUT2D eigenvalue weighted by atomic mass is 9.95. The zero-order chi connectivity index (χ0) is 14.2. The van der Waals surface area contributed by atoms with Crippen LogP contribution in [0.1, 0.15) is 46.5 Å². The third kappa shape index (κ3) is 3.42. The number of hydrogen-bond acceptors (Lipinski definition) is 4. The second-order valence-electron chi connectivity index (χ2n) is 7.41. The van der Waals surface area contributed by atoms with Crippen molar-refractivity contribution in [3.05, 3.63) is 11.4 Å². The van der Waals surface area contributed by atoms with E-state index in [1.165, 1.54) is 0 Å². The van der Waals surface area contributed by atoms with E-state index in [1.807, 2.05) is 5.01 Å². The Hall–Kier alpha value is -0.740. The van der Waals surface area contributed by atoms with E-state index >= 15 is 0 Å². The van der Waals surface area contributed by atoms with E-state index in [1.54, 1.807) is 0 Å². The average Bonchev–Trinajstić information content (AvgIpc) is 2.93. The van der Waals surface area contributed by atoms with Gasteiger partial charge in [-0.3, -0.25) is 0 Å². The van der Waals surface area contributed by atoms with Gasteiger partial charge in [-0.25, -0.2) is 5.84 Å². The summed E-state index contributed by atoms with van der Waals surface area (Å²) in [5, 5.41) is 11.2. The van der Waals surface area contributed by atoms with Crippen LogP contribution in [0.4, 0.5) is 0 Å². The van der Waals surface area contributed by atoms with Crippen molar-refractivity contribution in [1.29, 1.82) is 0 Å². The lowest BCUT2D eigenvalue weighted by Gasteiger charge is -2.31. The molecule has 0 aliphatic heterocycles. The number of allylic oxidation sites excluding steroid dienone is 2. The molecular weight excluding hydrogens is 238 g/mol. The molecule has 110 valence electrons. The minimum atomic E-state index is 0.167. The number of hydrazine groups is 1. The van der Waals surface area contributed by atoms with Crippen LogP contribution in [0.25, 0.3) is 0 Å². The summed E-state index contributed by atoms with van der Waals surface area (Å²) in [6, 6.07) is 0. The summed E-state index contributed by atoms with van der Waals surface area (Å²) >= 11 is 0. The van der Waals surface area contributed by atoms with Gasteiger partial charge in [0.1, 0.15) is 0 Å². The summed E-state index contributed by atoms with van der Waals surface area (Å²) < 4.78 is 0. The highest BCUT2D eigenvalue weighted by Gasteiger charge is 2.48. The van der Waals surface area contributed by atoms with Gasteiger partial charge in [-0.1, -0.05) is 20.8 Å². The molecule has 0 aromatic rings. The Morgan fingerprint density at radius 3 is 2.32 bits per heavy atom. The minimum absolute atomic E-state index is 0.167. The first kappa shape index (κ1) is 14.7. The van der Waals surface area contributed by atoms with E-state index in [0.717, 1.165) is 43.6 Å². The number of rotatable bonds is 3. The summed E-state index contributed by atoms with van der Waals surface area (Å²) in [6.07, 6.45) is 4.10. The number of aliphatic hydroxyl groups is 1. The number of nitrogens with two attached hydrogens (primary N) is 2. The van der Waals surface area contributed by atoms with E-state index in [4.69, 9.17) is 11.6 Å². The number of nitrogens with zero attached hydrogens (tertiary/aromatic N) is 1. The van der Waals surface area contributed by atoms with Gasteiger partial charge in [0.15, 0.2) is 0 Å². The van der Waals surface area contributed by atoms with Crippen LogP contribution in [0.2, 0.25) is 0 Å². The predicted molar refractivity (Wildman–Crippen MR) is 77.6 cm³/mol. The van der Waals surface area contributed by atoms with Crippen molar-refractivity contribution in [2.75, 3.05) is 13.2 Å².